The summed E-state index contributed by atoms with van der Waals surface area (Å²) in [7, 11) is 0. The van der Waals surface area contributed by atoms with E-state index in [4.69, 9.17) is 0 Å². The molecule has 1 aliphatic rings. The van der Waals surface area contributed by atoms with Crippen molar-refractivity contribution in [3.8, 4) is 0 Å². The van der Waals surface area contributed by atoms with E-state index in [1.54, 1.807) is 0 Å². The van der Waals surface area contributed by atoms with E-state index in [9.17, 15) is 4.79 Å². The summed E-state index contributed by atoms with van der Waals surface area (Å²) in [6, 6.07) is 6.14. The van der Waals surface area contributed by atoms with Crippen molar-refractivity contribution < 1.29 is 4.79 Å². The van der Waals surface area contributed by atoms with Gasteiger partial charge in [0.2, 0.25) is 0 Å². The summed E-state index contributed by atoms with van der Waals surface area (Å²) in [5.74, 6) is 0. The predicted molar refractivity (Wildman–Crippen MR) is 78.6 cm³/mol. The van der Waals surface area contributed by atoms with Crippen LogP contribution in [0.25, 0.3) is 0 Å². The topological polar surface area (TPSA) is 35.6 Å². The van der Waals surface area contributed by atoms with Crippen molar-refractivity contribution in [2.75, 3.05) is 38.0 Å². The molecule has 1 aromatic rings. The molecule has 2 amide bonds. The van der Waals surface area contributed by atoms with Gasteiger partial charge < -0.3 is 15.1 Å². The number of rotatable bonds is 2. The van der Waals surface area contributed by atoms with Crippen molar-refractivity contribution in [1.82, 2.24) is 9.80 Å². The zero-order valence-electron chi connectivity index (χ0n) is 12.1. The Labute approximate surface area is 115 Å². The summed E-state index contributed by atoms with van der Waals surface area (Å²) in [5, 5.41) is 3.02. The Balaban J connectivity index is 1.96. The predicted octanol–water partition coefficient (Wildman–Crippen LogP) is 2.47. The lowest BCUT2D eigenvalue weighted by Gasteiger charge is -2.34. The van der Waals surface area contributed by atoms with Gasteiger partial charge in [-0.3, -0.25) is 0 Å². The molecule has 1 saturated heterocycles. The van der Waals surface area contributed by atoms with Crippen LogP contribution in [0.3, 0.4) is 0 Å². The number of carbonyl (C=O) groups excluding carboxylic acids is 1. The molecule has 0 spiro atoms. The fourth-order valence-electron chi connectivity index (χ4n) is 2.33. The quantitative estimate of drug-likeness (QED) is 0.887. The molecule has 4 nitrogen and oxygen atoms in total. The SMILES string of the molecule is CCN1CCN(C(=O)Nc2cc(C)ccc2C)CC1. The Morgan fingerprint density at radius 2 is 1.89 bits per heavy atom. The van der Waals surface area contributed by atoms with Gasteiger partial charge in [0.25, 0.3) is 0 Å². The number of urea groups is 1. The maximum atomic E-state index is 12.2. The van der Waals surface area contributed by atoms with E-state index in [-0.39, 0.29) is 6.03 Å². The third kappa shape index (κ3) is 3.47. The minimum Gasteiger partial charge on any atom is -0.322 e. The second kappa shape index (κ2) is 6.06. The highest BCUT2D eigenvalue weighted by Gasteiger charge is 2.20. The molecule has 0 atom stereocenters. The summed E-state index contributed by atoms with van der Waals surface area (Å²) >= 11 is 0. The van der Waals surface area contributed by atoms with Crippen LogP contribution in [0.1, 0.15) is 18.1 Å². The van der Waals surface area contributed by atoms with E-state index in [1.807, 2.05) is 30.9 Å². The minimum atomic E-state index is 0.0180. The van der Waals surface area contributed by atoms with Gasteiger partial charge in [0.15, 0.2) is 0 Å². The molecule has 1 aromatic carbocycles. The van der Waals surface area contributed by atoms with Crippen LogP contribution >= 0.6 is 0 Å². The Morgan fingerprint density at radius 3 is 2.53 bits per heavy atom. The average molecular weight is 261 g/mol. The largest absolute Gasteiger partial charge is 0.322 e. The molecule has 1 N–H and O–H groups in total. The molecule has 4 heteroatoms. The van der Waals surface area contributed by atoms with E-state index >= 15 is 0 Å². The molecule has 1 heterocycles. The number of nitrogens with one attached hydrogen (secondary N) is 1. The number of carbonyl (C=O) groups is 1. The fourth-order valence-corrected chi connectivity index (χ4v) is 2.33. The first kappa shape index (κ1) is 13.9. The Morgan fingerprint density at radius 1 is 1.21 bits per heavy atom. The van der Waals surface area contributed by atoms with Gasteiger partial charge in [-0.05, 0) is 37.6 Å². The molecule has 0 unspecified atom stereocenters. The van der Waals surface area contributed by atoms with Gasteiger partial charge in [-0.15, -0.1) is 0 Å². The third-order valence-corrected chi connectivity index (χ3v) is 3.74. The van der Waals surface area contributed by atoms with Gasteiger partial charge in [-0.2, -0.15) is 0 Å². The lowest BCUT2D eigenvalue weighted by Crippen LogP contribution is -2.49. The summed E-state index contributed by atoms with van der Waals surface area (Å²) in [6.07, 6.45) is 0. The number of anilines is 1. The number of hydrogen-bond acceptors (Lipinski definition) is 2. The van der Waals surface area contributed by atoms with Crippen molar-refractivity contribution >= 4 is 11.7 Å². The van der Waals surface area contributed by atoms with Crippen molar-refractivity contribution in [2.24, 2.45) is 0 Å². The van der Waals surface area contributed by atoms with E-state index in [0.29, 0.717) is 0 Å². The maximum absolute atomic E-state index is 12.2. The molecular formula is C15H23N3O. The van der Waals surface area contributed by atoms with Gasteiger partial charge >= 0.3 is 6.03 Å². The molecule has 0 saturated carbocycles. The first-order chi connectivity index (χ1) is 9.10. The van der Waals surface area contributed by atoms with Crippen molar-refractivity contribution in [3.63, 3.8) is 0 Å². The molecule has 19 heavy (non-hydrogen) atoms. The third-order valence-electron chi connectivity index (χ3n) is 3.74. The first-order valence-electron chi connectivity index (χ1n) is 6.95. The van der Waals surface area contributed by atoms with E-state index < -0.39 is 0 Å². The highest BCUT2D eigenvalue weighted by molar-refractivity contribution is 5.90. The molecule has 0 aliphatic carbocycles. The summed E-state index contributed by atoms with van der Waals surface area (Å²) in [5.41, 5.74) is 3.19. The van der Waals surface area contributed by atoms with Gasteiger partial charge in [-0.1, -0.05) is 19.1 Å². The molecule has 0 bridgehead atoms. The molecule has 2 rings (SSSR count). The number of amides is 2. The Bertz CT molecular complexity index is 451. The number of hydrogen-bond donors (Lipinski definition) is 1. The molecule has 1 aliphatic heterocycles. The van der Waals surface area contributed by atoms with Gasteiger partial charge in [0.05, 0.1) is 0 Å². The molecular weight excluding hydrogens is 238 g/mol. The number of piperazine rings is 1. The van der Waals surface area contributed by atoms with Crippen LogP contribution in [-0.2, 0) is 0 Å². The van der Waals surface area contributed by atoms with E-state index in [2.05, 4.69) is 23.2 Å². The molecule has 0 aromatic heterocycles. The lowest BCUT2D eigenvalue weighted by atomic mass is 10.1. The highest BCUT2D eigenvalue weighted by atomic mass is 16.2. The maximum Gasteiger partial charge on any atom is 0.321 e. The van der Waals surface area contributed by atoms with Crippen LogP contribution in [0, 0.1) is 13.8 Å². The lowest BCUT2D eigenvalue weighted by molar-refractivity contribution is 0.151. The van der Waals surface area contributed by atoms with Crippen molar-refractivity contribution in [2.45, 2.75) is 20.8 Å². The standard InChI is InChI=1S/C15H23N3O/c1-4-17-7-9-18(10-8-17)15(19)16-14-11-12(2)5-6-13(14)3/h5-6,11H,4,7-10H2,1-3H3,(H,16,19). The molecule has 0 radical (unpaired) electrons. The van der Waals surface area contributed by atoms with E-state index in [1.165, 1.54) is 0 Å². The van der Waals surface area contributed by atoms with Crippen LogP contribution in [0.4, 0.5) is 10.5 Å². The minimum absolute atomic E-state index is 0.0180. The van der Waals surface area contributed by atoms with Crippen LogP contribution in [0.5, 0.6) is 0 Å². The Hall–Kier alpha value is -1.55. The van der Waals surface area contributed by atoms with Crippen molar-refractivity contribution in [1.29, 1.82) is 0 Å². The number of nitrogens with zero attached hydrogens (tertiary/aromatic N) is 2. The molecule has 104 valence electrons. The zero-order valence-corrected chi connectivity index (χ0v) is 12.1. The highest BCUT2D eigenvalue weighted by Crippen LogP contribution is 2.17. The second-order valence-electron chi connectivity index (χ2n) is 5.17. The second-order valence-corrected chi connectivity index (χ2v) is 5.17. The number of benzene rings is 1. The smallest absolute Gasteiger partial charge is 0.321 e. The van der Waals surface area contributed by atoms with Crippen LogP contribution in [0.2, 0.25) is 0 Å². The fraction of sp³-hybridized carbons (Fsp3) is 0.533. The van der Waals surface area contributed by atoms with Crippen molar-refractivity contribution in [3.05, 3.63) is 29.3 Å². The average Bonchev–Trinajstić information content (AvgIpc) is 2.43. The van der Waals surface area contributed by atoms with Gasteiger partial charge in [-0.25, -0.2) is 4.79 Å². The van der Waals surface area contributed by atoms with E-state index in [0.717, 1.165) is 49.5 Å². The Kier molecular flexibility index (Phi) is 4.43. The zero-order chi connectivity index (χ0) is 13.8. The monoisotopic (exact) mass is 261 g/mol. The molecule has 1 fully saturated rings. The van der Waals surface area contributed by atoms with Gasteiger partial charge in [0, 0.05) is 31.9 Å². The summed E-state index contributed by atoms with van der Waals surface area (Å²) in [4.78, 5) is 16.5. The summed E-state index contributed by atoms with van der Waals surface area (Å²) < 4.78 is 0. The summed E-state index contributed by atoms with van der Waals surface area (Å²) in [6.45, 7) is 10.8. The number of likely N-dealkylation sites (N-methyl/N-ethyl adjacent to an activating group) is 1. The van der Waals surface area contributed by atoms with Crippen LogP contribution in [0.15, 0.2) is 18.2 Å². The van der Waals surface area contributed by atoms with Crippen LogP contribution < -0.4 is 5.32 Å². The number of aryl methyl sites for hydroxylation is 2. The first-order valence-corrected chi connectivity index (χ1v) is 6.95. The van der Waals surface area contributed by atoms with Gasteiger partial charge in [0.1, 0.15) is 0 Å². The van der Waals surface area contributed by atoms with Crippen LogP contribution in [-0.4, -0.2) is 48.6 Å². The normalized spacial score (nSPS) is 16.5.